The van der Waals surface area contributed by atoms with Crippen LogP contribution < -0.4 is 9.47 Å². The molecule has 6 nitrogen and oxygen atoms in total. The van der Waals surface area contributed by atoms with Gasteiger partial charge in [-0.2, -0.15) is 0 Å². The van der Waals surface area contributed by atoms with Gasteiger partial charge < -0.3 is 29.5 Å². The zero-order chi connectivity index (χ0) is 33.0. The van der Waals surface area contributed by atoms with Crippen LogP contribution in [0.2, 0.25) is 0 Å². The molecule has 242 valence electrons. The Labute approximate surface area is 273 Å². The van der Waals surface area contributed by atoms with Crippen molar-refractivity contribution in [1.29, 1.82) is 0 Å². The molecule has 4 aromatic carbocycles. The van der Waals surface area contributed by atoms with E-state index in [9.17, 15) is 15.3 Å². The Kier molecular flexibility index (Phi) is 13.2. The van der Waals surface area contributed by atoms with Crippen molar-refractivity contribution in [2.75, 3.05) is 26.2 Å². The fourth-order valence-electron chi connectivity index (χ4n) is 4.53. The van der Waals surface area contributed by atoms with Crippen molar-refractivity contribution in [3.8, 4) is 23.0 Å². The molecule has 1 aliphatic rings. The summed E-state index contributed by atoms with van der Waals surface area (Å²) in [7, 11) is 1.67. The van der Waals surface area contributed by atoms with Crippen molar-refractivity contribution >= 4 is 11.6 Å². The van der Waals surface area contributed by atoms with Crippen LogP contribution in [0.4, 0.5) is 0 Å². The molecule has 0 aromatic heterocycles. The maximum Gasteiger partial charge on any atom is 0.119 e. The molecule has 0 aliphatic carbocycles. The van der Waals surface area contributed by atoms with Crippen molar-refractivity contribution < 1.29 is 29.5 Å². The number of rotatable bonds is 10. The van der Waals surface area contributed by atoms with Gasteiger partial charge in [0.05, 0.1) is 31.8 Å². The lowest BCUT2D eigenvalue weighted by molar-refractivity contribution is 0.104. The standard InChI is InChI=1S/C20H26O3.C15H16O2.C3H5ClO/c1-5-17(21)14-23-19-12-8-16(9-13-19)20(2,3)15-6-10-18(22-4)11-7-15;1-15(2,11-3-7-13(16)8-4-11)12-5-9-14(17)10-6-12;4-1-3-2-5-3/h6-13,17,21H,5,14H2,1-4H3;3-10,16-17H,1-2H3;3H,1-2H2. The van der Waals surface area contributed by atoms with Gasteiger partial charge in [0.2, 0.25) is 0 Å². The van der Waals surface area contributed by atoms with Gasteiger partial charge >= 0.3 is 0 Å². The summed E-state index contributed by atoms with van der Waals surface area (Å²) in [5.74, 6) is 2.86. The highest BCUT2D eigenvalue weighted by Crippen LogP contribution is 2.34. The average molecular weight is 635 g/mol. The Morgan fingerprint density at radius 3 is 1.36 bits per heavy atom. The molecule has 7 heteroatoms. The summed E-state index contributed by atoms with van der Waals surface area (Å²) in [6.45, 7) is 11.8. The lowest BCUT2D eigenvalue weighted by atomic mass is 9.78. The monoisotopic (exact) mass is 634 g/mol. The minimum atomic E-state index is -0.412. The van der Waals surface area contributed by atoms with Crippen LogP contribution in [0.3, 0.4) is 0 Å². The number of phenolic OH excluding ortho intramolecular Hbond substituents is 2. The number of epoxide rings is 1. The van der Waals surface area contributed by atoms with Crippen molar-refractivity contribution in [3.05, 3.63) is 119 Å². The topological polar surface area (TPSA) is 91.7 Å². The summed E-state index contributed by atoms with van der Waals surface area (Å²) < 4.78 is 15.5. The van der Waals surface area contributed by atoms with E-state index in [4.69, 9.17) is 25.8 Å². The number of aliphatic hydroxyl groups is 1. The highest BCUT2D eigenvalue weighted by atomic mass is 35.5. The first-order valence-electron chi connectivity index (χ1n) is 15.2. The van der Waals surface area contributed by atoms with E-state index in [1.54, 1.807) is 31.4 Å². The molecule has 2 unspecified atom stereocenters. The second-order valence-corrected chi connectivity index (χ2v) is 12.4. The van der Waals surface area contributed by atoms with E-state index in [0.29, 0.717) is 25.0 Å². The van der Waals surface area contributed by atoms with E-state index in [0.717, 1.165) is 29.2 Å². The summed E-state index contributed by atoms with van der Waals surface area (Å²) >= 11 is 5.27. The van der Waals surface area contributed by atoms with Crippen LogP contribution in [0, 0.1) is 0 Å². The summed E-state index contributed by atoms with van der Waals surface area (Å²) in [6.07, 6.45) is 0.685. The molecule has 0 bridgehead atoms. The van der Waals surface area contributed by atoms with Crippen LogP contribution in [0.15, 0.2) is 97.1 Å². The van der Waals surface area contributed by atoms with E-state index in [1.807, 2.05) is 55.5 Å². The number of hydrogen-bond acceptors (Lipinski definition) is 6. The Balaban J connectivity index is 0.000000218. The van der Waals surface area contributed by atoms with Gasteiger partial charge in [0, 0.05) is 10.8 Å². The summed E-state index contributed by atoms with van der Waals surface area (Å²) in [4.78, 5) is 0. The number of hydrogen-bond donors (Lipinski definition) is 3. The summed E-state index contributed by atoms with van der Waals surface area (Å²) in [5, 5.41) is 28.2. The van der Waals surface area contributed by atoms with Crippen LogP contribution in [-0.4, -0.2) is 53.7 Å². The minimum Gasteiger partial charge on any atom is -0.508 e. The number of ether oxygens (including phenoxy) is 3. The normalized spacial score (nSPS) is 14.6. The van der Waals surface area contributed by atoms with Crippen LogP contribution in [0.25, 0.3) is 0 Å². The maximum atomic E-state index is 9.56. The Hall–Kier alpha value is -3.71. The Morgan fingerprint density at radius 2 is 1.07 bits per heavy atom. The predicted octanol–water partition coefficient (Wildman–Crippen LogP) is 8.22. The van der Waals surface area contributed by atoms with Crippen LogP contribution in [-0.2, 0) is 15.6 Å². The third kappa shape index (κ3) is 10.7. The summed E-state index contributed by atoms with van der Waals surface area (Å²) in [5.41, 5.74) is 4.44. The first-order chi connectivity index (χ1) is 21.4. The third-order valence-electron chi connectivity index (χ3n) is 8.05. The molecule has 45 heavy (non-hydrogen) atoms. The third-order valence-corrected chi connectivity index (χ3v) is 8.40. The molecule has 0 radical (unpaired) electrons. The van der Waals surface area contributed by atoms with Crippen molar-refractivity contribution in [2.24, 2.45) is 0 Å². The van der Waals surface area contributed by atoms with Crippen LogP contribution in [0.1, 0.15) is 63.3 Å². The molecule has 1 fully saturated rings. The molecule has 1 aliphatic heterocycles. The molecule has 1 saturated heterocycles. The second-order valence-electron chi connectivity index (χ2n) is 12.1. The van der Waals surface area contributed by atoms with Gasteiger partial charge in [-0.15, -0.1) is 11.6 Å². The zero-order valence-electron chi connectivity index (χ0n) is 27.2. The highest BCUT2D eigenvalue weighted by Gasteiger charge is 2.24. The molecule has 0 amide bonds. The SMILES string of the molecule is CC(C)(c1ccc(O)cc1)c1ccc(O)cc1.CCC(O)COc1ccc(C(C)(C)c2ccc(OC)cc2)cc1.ClCC1CO1. The van der Waals surface area contributed by atoms with Gasteiger partial charge in [-0.25, -0.2) is 0 Å². The molecule has 3 N–H and O–H groups in total. The number of phenols is 2. The van der Waals surface area contributed by atoms with Gasteiger partial charge in [0.25, 0.3) is 0 Å². The number of aliphatic hydroxyl groups excluding tert-OH is 1. The Morgan fingerprint density at radius 1 is 0.711 bits per heavy atom. The fourth-order valence-corrected chi connectivity index (χ4v) is 4.71. The van der Waals surface area contributed by atoms with Gasteiger partial charge in [-0.05, 0) is 77.2 Å². The first kappa shape index (κ1) is 35.8. The highest BCUT2D eigenvalue weighted by molar-refractivity contribution is 6.18. The maximum absolute atomic E-state index is 9.56. The van der Waals surface area contributed by atoms with Crippen molar-refractivity contribution in [2.45, 2.75) is 64.1 Å². The molecule has 0 saturated carbocycles. The van der Waals surface area contributed by atoms with Gasteiger partial charge in [0.1, 0.15) is 29.6 Å². The molecule has 1 heterocycles. The van der Waals surface area contributed by atoms with Gasteiger partial charge in [0.15, 0.2) is 0 Å². The van der Waals surface area contributed by atoms with E-state index >= 15 is 0 Å². The van der Waals surface area contributed by atoms with E-state index < -0.39 is 6.10 Å². The first-order valence-corrected chi connectivity index (χ1v) is 15.8. The second kappa shape index (κ2) is 16.6. The van der Waals surface area contributed by atoms with Crippen LogP contribution in [0.5, 0.6) is 23.0 Å². The molecular weight excluding hydrogens is 588 g/mol. The van der Waals surface area contributed by atoms with E-state index in [2.05, 4.69) is 52.0 Å². The fraction of sp³-hybridized carbons (Fsp3) is 0.368. The minimum absolute atomic E-state index is 0.103. The number of aromatic hydroxyl groups is 2. The quantitative estimate of drug-likeness (QED) is 0.120. The van der Waals surface area contributed by atoms with Crippen molar-refractivity contribution in [3.63, 3.8) is 0 Å². The smallest absolute Gasteiger partial charge is 0.119 e. The summed E-state index contributed by atoms with van der Waals surface area (Å²) in [6, 6.07) is 30.7. The lowest BCUT2D eigenvalue weighted by Crippen LogP contribution is -2.19. The number of alkyl halides is 1. The van der Waals surface area contributed by atoms with E-state index in [-0.39, 0.29) is 22.3 Å². The molecule has 5 rings (SSSR count). The lowest BCUT2D eigenvalue weighted by Gasteiger charge is -2.26. The van der Waals surface area contributed by atoms with Gasteiger partial charge in [-0.3, -0.25) is 0 Å². The zero-order valence-corrected chi connectivity index (χ0v) is 27.9. The number of methoxy groups -OCH3 is 1. The Bertz CT molecular complexity index is 1360. The van der Waals surface area contributed by atoms with Gasteiger partial charge in [-0.1, -0.05) is 83.1 Å². The van der Waals surface area contributed by atoms with E-state index in [1.165, 1.54) is 11.1 Å². The molecule has 2 atom stereocenters. The largest absolute Gasteiger partial charge is 0.508 e. The predicted molar refractivity (Wildman–Crippen MR) is 182 cm³/mol. The van der Waals surface area contributed by atoms with Crippen molar-refractivity contribution in [1.82, 2.24) is 0 Å². The number of halogens is 1. The average Bonchev–Trinajstić information content (AvgIpc) is 3.90. The molecule has 4 aromatic rings. The molecular formula is C38H47ClO6. The molecule has 0 spiro atoms. The number of benzene rings is 4. The van der Waals surface area contributed by atoms with Crippen LogP contribution >= 0.6 is 11.6 Å².